The molecule has 0 aromatic heterocycles. The molecule has 3 aromatic carbocycles. The van der Waals surface area contributed by atoms with Crippen LogP contribution >= 0.6 is 11.8 Å². The van der Waals surface area contributed by atoms with Crippen molar-refractivity contribution in [3.63, 3.8) is 0 Å². The second-order valence-electron chi connectivity index (χ2n) is 6.08. The summed E-state index contributed by atoms with van der Waals surface area (Å²) in [6.07, 6.45) is 0. The number of hydrogen-bond acceptors (Lipinski definition) is 6. The molecule has 7 heteroatoms. The van der Waals surface area contributed by atoms with Crippen LogP contribution in [0.4, 0.5) is 5.69 Å². The van der Waals surface area contributed by atoms with E-state index >= 15 is 0 Å². The molecule has 3 rings (SSSR count). The number of esters is 1. The molecule has 0 heterocycles. The van der Waals surface area contributed by atoms with Gasteiger partial charge in [0.05, 0.1) is 20.0 Å². The van der Waals surface area contributed by atoms with Gasteiger partial charge in [0.2, 0.25) is 0 Å². The number of anilines is 1. The standard InChI is InChI=1S/C22H21NO5S/c1-26-19-10-8-17(12-20(19)27-2)23-21(24)13-28-22(25)14-29-18-9-7-15-5-3-4-6-16(15)11-18/h3-12H,13-14H2,1-2H3,(H,23,24). The third kappa shape index (κ3) is 5.65. The zero-order chi connectivity index (χ0) is 20.6. The maximum atomic E-state index is 12.0. The monoisotopic (exact) mass is 411 g/mol. The van der Waals surface area contributed by atoms with E-state index in [9.17, 15) is 9.59 Å². The van der Waals surface area contributed by atoms with Crippen LogP contribution < -0.4 is 14.8 Å². The molecule has 0 saturated carbocycles. The lowest BCUT2D eigenvalue weighted by molar-refractivity contribution is -0.144. The molecule has 0 spiro atoms. The van der Waals surface area contributed by atoms with E-state index in [-0.39, 0.29) is 12.4 Å². The molecule has 3 aromatic rings. The zero-order valence-corrected chi connectivity index (χ0v) is 17.0. The number of hydrogen-bond donors (Lipinski definition) is 1. The summed E-state index contributed by atoms with van der Waals surface area (Å²) in [6, 6.07) is 19.0. The van der Waals surface area contributed by atoms with Crippen LogP contribution in [-0.2, 0) is 14.3 Å². The zero-order valence-electron chi connectivity index (χ0n) is 16.1. The van der Waals surface area contributed by atoms with Gasteiger partial charge in [0.1, 0.15) is 0 Å². The average molecular weight is 411 g/mol. The van der Waals surface area contributed by atoms with Crippen molar-refractivity contribution in [3.05, 3.63) is 60.7 Å². The van der Waals surface area contributed by atoms with Crippen LogP contribution in [0.15, 0.2) is 65.6 Å². The van der Waals surface area contributed by atoms with Gasteiger partial charge in [-0.05, 0) is 35.0 Å². The maximum Gasteiger partial charge on any atom is 0.316 e. The smallest absolute Gasteiger partial charge is 0.316 e. The van der Waals surface area contributed by atoms with Crippen LogP contribution in [0.3, 0.4) is 0 Å². The number of rotatable bonds is 8. The second kappa shape index (κ2) is 9.84. The Balaban J connectivity index is 1.46. The number of benzene rings is 3. The number of amides is 1. The molecule has 150 valence electrons. The van der Waals surface area contributed by atoms with E-state index in [2.05, 4.69) is 5.32 Å². The Labute approximate surface area is 173 Å². The lowest BCUT2D eigenvalue weighted by Crippen LogP contribution is -2.21. The Kier molecular flexibility index (Phi) is 6.97. The number of fused-ring (bicyclic) bond motifs is 1. The van der Waals surface area contributed by atoms with E-state index in [0.29, 0.717) is 17.2 Å². The molecule has 0 unspecified atom stereocenters. The Bertz CT molecular complexity index is 1020. The molecular formula is C22H21NO5S. The summed E-state index contributed by atoms with van der Waals surface area (Å²) >= 11 is 1.37. The van der Waals surface area contributed by atoms with E-state index < -0.39 is 11.9 Å². The Hall–Kier alpha value is -3.19. The number of thioether (sulfide) groups is 1. The minimum atomic E-state index is -0.453. The number of methoxy groups -OCH3 is 2. The van der Waals surface area contributed by atoms with Crippen LogP contribution in [0.1, 0.15) is 0 Å². The van der Waals surface area contributed by atoms with E-state index in [0.717, 1.165) is 15.7 Å². The molecule has 1 amide bonds. The van der Waals surface area contributed by atoms with Crippen LogP contribution in [0.2, 0.25) is 0 Å². The molecule has 0 fully saturated rings. The number of ether oxygens (including phenoxy) is 3. The van der Waals surface area contributed by atoms with Gasteiger partial charge in [-0.2, -0.15) is 0 Å². The topological polar surface area (TPSA) is 73.9 Å². The van der Waals surface area contributed by atoms with Crippen molar-refractivity contribution in [2.24, 2.45) is 0 Å². The molecule has 0 bridgehead atoms. The fourth-order valence-corrected chi connectivity index (χ4v) is 3.44. The number of nitrogens with one attached hydrogen (secondary N) is 1. The first kappa shape index (κ1) is 20.5. The van der Waals surface area contributed by atoms with Crippen LogP contribution in [0.5, 0.6) is 11.5 Å². The van der Waals surface area contributed by atoms with E-state index in [4.69, 9.17) is 14.2 Å². The predicted molar refractivity (Wildman–Crippen MR) is 114 cm³/mol. The molecule has 0 saturated heterocycles. The van der Waals surface area contributed by atoms with Crippen LogP contribution in [-0.4, -0.2) is 38.5 Å². The van der Waals surface area contributed by atoms with Crippen molar-refractivity contribution >= 4 is 40.1 Å². The van der Waals surface area contributed by atoms with Crippen molar-refractivity contribution in [2.75, 3.05) is 31.9 Å². The molecule has 0 aliphatic heterocycles. The first-order valence-electron chi connectivity index (χ1n) is 8.88. The van der Waals surface area contributed by atoms with Crippen molar-refractivity contribution < 1.29 is 23.8 Å². The second-order valence-corrected chi connectivity index (χ2v) is 7.13. The van der Waals surface area contributed by atoms with Gasteiger partial charge < -0.3 is 19.5 Å². The highest BCUT2D eigenvalue weighted by atomic mass is 32.2. The van der Waals surface area contributed by atoms with Gasteiger partial charge in [-0.25, -0.2) is 0 Å². The van der Waals surface area contributed by atoms with E-state index in [1.807, 2.05) is 42.5 Å². The Morgan fingerprint density at radius 1 is 0.897 bits per heavy atom. The molecular weight excluding hydrogens is 390 g/mol. The minimum Gasteiger partial charge on any atom is -0.493 e. The predicted octanol–water partition coefficient (Wildman–Crippen LogP) is 4.13. The first-order valence-corrected chi connectivity index (χ1v) is 9.86. The lowest BCUT2D eigenvalue weighted by atomic mass is 10.1. The molecule has 6 nitrogen and oxygen atoms in total. The van der Waals surface area contributed by atoms with Gasteiger partial charge in [0.15, 0.2) is 18.1 Å². The van der Waals surface area contributed by atoms with E-state index in [1.54, 1.807) is 18.2 Å². The molecule has 29 heavy (non-hydrogen) atoms. The lowest BCUT2D eigenvalue weighted by Gasteiger charge is -2.11. The Morgan fingerprint density at radius 2 is 1.66 bits per heavy atom. The highest BCUT2D eigenvalue weighted by molar-refractivity contribution is 8.00. The normalized spacial score (nSPS) is 10.4. The summed E-state index contributed by atoms with van der Waals surface area (Å²) in [4.78, 5) is 25.0. The summed E-state index contributed by atoms with van der Waals surface area (Å²) in [7, 11) is 3.05. The van der Waals surface area contributed by atoms with Gasteiger partial charge in [0.25, 0.3) is 5.91 Å². The van der Waals surface area contributed by atoms with Crippen LogP contribution in [0.25, 0.3) is 10.8 Å². The maximum absolute atomic E-state index is 12.0. The van der Waals surface area contributed by atoms with Gasteiger partial charge in [-0.3, -0.25) is 9.59 Å². The van der Waals surface area contributed by atoms with Gasteiger partial charge in [-0.1, -0.05) is 30.3 Å². The van der Waals surface area contributed by atoms with Crippen molar-refractivity contribution in [2.45, 2.75) is 4.90 Å². The third-order valence-corrected chi connectivity index (χ3v) is 5.08. The number of carbonyl (C=O) groups excluding carboxylic acids is 2. The molecule has 0 aliphatic carbocycles. The fourth-order valence-electron chi connectivity index (χ4n) is 2.70. The third-order valence-electron chi connectivity index (χ3n) is 4.11. The molecule has 0 aliphatic rings. The SMILES string of the molecule is COc1ccc(NC(=O)COC(=O)CSc2ccc3ccccc3c2)cc1OC. The van der Waals surface area contributed by atoms with Crippen molar-refractivity contribution in [1.29, 1.82) is 0 Å². The largest absolute Gasteiger partial charge is 0.493 e. The fraction of sp³-hybridized carbons (Fsp3) is 0.182. The Morgan fingerprint density at radius 3 is 2.41 bits per heavy atom. The molecule has 0 atom stereocenters. The summed E-state index contributed by atoms with van der Waals surface area (Å²) in [6.45, 7) is -0.356. The summed E-state index contributed by atoms with van der Waals surface area (Å²) in [5.74, 6) is 0.297. The highest BCUT2D eigenvalue weighted by Crippen LogP contribution is 2.29. The quantitative estimate of drug-likeness (QED) is 0.444. The molecule has 0 radical (unpaired) electrons. The molecule has 1 N–H and O–H groups in total. The van der Waals surface area contributed by atoms with Gasteiger partial charge in [-0.15, -0.1) is 11.8 Å². The summed E-state index contributed by atoms with van der Waals surface area (Å²) in [5, 5.41) is 4.91. The van der Waals surface area contributed by atoms with Crippen molar-refractivity contribution in [3.8, 4) is 11.5 Å². The van der Waals surface area contributed by atoms with Gasteiger partial charge in [0, 0.05) is 16.6 Å². The van der Waals surface area contributed by atoms with Crippen molar-refractivity contribution in [1.82, 2.24) is 0 Å². The first-order chi connectivity index (χ1) is 14.1. The van der Waals surface area contributed by atoms with Crippen LogP contribution in [0, 0.1) is 0 Å². The average Bonchev–Trinajstić information content (AvgIpc) is 2.76. The minimum absolute atomic E-state index is 0.127. The van der Waals surface area contributed by atoms with E-state index in [1.165, 1.54) is 26.0 Å². The van der Waals surface area contributed by atoms with Gasteiger partial charge >= 0.3 is 5.97 Å². The highest BCUT2D eigenvalue weighted by Gasteiger charge is 2.11. The summed E-state index contributed by atoms with van der Waals surface area (Å²) < 4.78 is 15.4. The number of carbonyl (C=O) groups is 2. The summed E-state index contributed by atoms with van der Waals surface area (Å²) in [5.41, 5.74) is 0.522.